The van der Waals surface area contributed by atoms with Crippen LogP contribution in [0.25, 0.3) is 10.8 Å². The summed E-state index contributed by atoms with van der Waals surface area (Å²) in [6.07, 6.45) is -0.595. The number of amides is 1. The molecule has 5 nitrogen and oxygen atoms in total. The van der Waals surface area contributed by atoms with Crippen molar-refractivity contribution in [3.05, 3.63) is 48.0 Å². The Labute approximate surface area is 151 Å². The molecule has 1 N–H and O–H groups in total. The normalized spacial score (nSPS) is 20.7. The van der Waals surface area contributed by atoms with Gasteiger partial charge in [-0.15, -0.1) is 11.8 Å². The number of hydrogen-bond donors (Lipinski definition) is 1. The van der Waals surface area contributed by atoms with Gasteiger partial charge in [0.05, 0.1) is 0 Å². The predicted molar refractivity (Wildman–Crippen MR) is 98.6 cm³/mol. The summed E-state index contributed by atoms with van der Waals surface area (Å²) in [4.78, 5) is 25.7. The van der Waals surface area contributed by atoms with Crippen LogP contribution in [0, 0.1) is 0 Å². The zero-order chi connectivity index (χ0) is 18.2. The van der Waals surface area contributed by atoms with E-state index in [2.05, 4.69) is 0 Å². The minimum Gasteiger partial charge on any atom is -0.480 e. The van der Waals surface area contributed by atoms with Crippen molar-refractivity contribution >= 4 is 34.6 Å². The second-order valence-corrected chi connectivity index (χ2v) is 8.11. The molecule has 0 spiro atoms. The first-order valence-electron chi connectivity index (χ1n) is 8.11. The van der Waals surface area contributed by atoms with Gasteiger partial charge in [-0.2, -0.15) is 0 Å². The Bertz CT molecular complexity index is 809. The van der Waals surface area contributed by atoms with E-state index in [0.29, 0.717) is 5.75 Å². The van der Waals surface area contributed by atoms with E-state index in [1.165, 1.54) is 16.7 Å². The summed E-state index contributed by atoms with van der Waals surface area (Å²) in [5.41, 5.74) is 0.245. The van der Waals surface area contributed by atoms with Gasteiger partial charge in [-0.05, 0) is 37.1 Å². The molecule has 1 fully saturated rings. The first-order chi connectivity index (χ1) is 11.8. The molecule has 25 heavy (non-hydrogen) atoms. The highest BCUT2D eigenvalue weighted by Gasteiger charge is 2.44. The molecular weight excluding hydrogens is 338 g/mol. The molecule has 0 radical (unpaired) electrons. The van der Waals surface area contributed by atoms with Gasteiger partial charge in [0.2, 0.25) is 0 Å². The summed E-state index contributed by atoms with van der Waals surface area (Å²) in [6.45, 7) is 5.32. The number of hydrogen-bond acceptors (Lipinski definition) is 4. The first kappa shape index (κ1) is 17.6. The Morgan fingerprint density at radius 3 is 2.52 bits per heavy atom. The monoisotopic (exact) mass is 359 g/mol. The SMILES string of the molecule is CC(C)(C)OC(=O)N1C(c2cccc3ccccc23)SC[C@H]1C(=O)O. The van der Waals surface area contributed by atoms with Gasteiger partial charge in [0, 0.05) is 5.75 Å². The number of fused-ring (bicyclic) bond motifs is 1. The van der Waals surface area contributed by atoms with Gasteiger partial charge in [-0.3, -0.25) is 4.90 Å². The van der Waals surface area contributed by atoms with E-state index in [9.17, 15) is 14.7 Å². The zero-order valence-corrected chi connectivity index (χ0v) is 15.2. The Kier molecular flexibility index (Phi) is 4.64. The van der Waals surface area contributed by atoms with Gasteiger partial charge in [0.25, 0.3) is 0 Å². The molecule has 1 saturated heterocycles. The van der Waals surface area contributed by atoms with E-state index in [1.54, 1.807) is 20.8 Å². The minimum atomic E-state index is -1.01. The number of nitrogens with zero attached hydrogens (tertiary/aromatic N) is 1. The van der Waals surface area contributed by atoms with Crippen molar-refractivity contribution in [3.63, 3.8) is 0 Å². The molecule has 1 amide bonds. The number of carboxylic acid groups (broad SMARTS) is 1. The Balaban J connectivity index is 2.04. The van der Waals surface area contributed by atoms with Crippen LogP contribution in [0.2, 0.25) is 0 Å². The summed E-state index contributed by atoms with van der Waals surface area (Å²) in [6, 6.07) is 12.9. The van der Waals surface area contributed by atoms with Gasteiger partial charge in [-0.25, -0.2) is 9.59 Å². The summed E-state index contributed by atoms with van der Waals surface area (Å²) in [7, 11) is 0. The number of aliphatic carboxylic acids is 1. The molecule has 2 atom stereocenters. The van der Waals surface area contributed by atoms with Crippen LogP contribution in [0.3, 0.4) is 0 Å². The third-order valence-electron chi connectivity index (χ3n) is 3.98. The average molecular weight is 359 g/mol. The smallest absolute Gasteiger partial charge is 0.412 e. The quantitative estimate of drug-likeness (QED) is 0.867. The van der Waals surface area contributed by atoms with Crippen LogP contribution in [0.15, 0.2) is 42.5 Å². The highest BCUT2D eigenvalue weighted by Crippen LogP contribution is 2.44. The Hall–Kier alpha value is -2.21. The van der Waals surface area contributed by atoms with Crippen molar-refractivity contribution in [2.24, 2.45) is 0 Å². The molecule has 0 bridgehead atoms. The lowest BCUT2D eigenvalue weighted by atomic mass is 10.0. The Morgan fingerprint density at radius 2 is 1.84 bits per heavy atom. The molecule has 3 rings (SSSR count). The average Bonchev–Trinajstić information content (AvgIpc) is 2.98. The number of carboxylic acids is 1. The third kappa shape index (κ3) is 3.58. The number of thioether (sulfide) groups is 1. The predicted octanol–water partition coefficient (Wildman–Crippen LogP) is 4.28. The molecule has 2 aromatic rings. The van der Waals surface area contributed by atoms with Crippen LogP contribution in [0.1, 0.15) is 31.7 Å². The number of benzene rings is 2. The number of rotatable bonds is 2. The second-order valence-electron chi connectivity index (χ2n) is 7.00. The van der Waals surface area contributed by atoms with E-state index >= 15 is 0 Å². The van der Waals surface area contributed by atoms with Crippen LogP contribution in [0.5, 0.6) is 0 Å². The lowest BCUT2D eigenvalue weighted by Crippen LogP contribution is -2.45. The van der Waals surface area contributed by atoms with Crippen molar-refractivity contribution in [2.45, 2.75) is 37.8 Å². The summed E-state index contributed by atoms with van der Waals surface area (Å²) in [5.74, 6) is -0.677. The lowest BCUT2D eigenvalue weighted by molar-refractivity contribution is -0.142. The molecule has 2 aromatic carbocycles. The van der Waals surface area contributed by atoms with E-state index in [0.717, 1.165) is 16.3 Å². The molecule has 6 heteroatoms. The van der Waals surface area contributed by atoms with Crippen LogP contribution < -0.4 is 0 Å². The highest BCUT2D eigenvalue weighted by atomic mass is 32.2. The van der Waals surface area contributed by atoms with Gasteiger partial charge in [0.15, 0.2) is 0 Å². The summed E-state index contributed by atoms with van der Waals surface area (Å²) in [5, 5.41) is 11.2. The van der Waals surface area contributed by atoms with E-state index in [-0.39, 0.29) is 5.37 Å². The lowest BCUT2D eigenvalue weighted by Gasteiger charge is -2.31. The molecule has 0 saturated carbocycles. The summed E-state index contributed by atoms with van der Waals surface area (Å²) < 4.78 is 5.48. The molecule has 1 aliphatic rings. The minimum absolute atomic E-state index is 0.336. The highest BCUT2D eigenvalue weighted by molar-refractivity contribution is 7.99. The van der Waals surface area contributed by atoms with E-state index in [4.69, 9.17) is 4.74 Å². The number of ether oxygens (including phenoxy) is 1. The van der Waals surface area contributed by atoms with Crippen molar-refractivity contribution in [3.8, 4) is 0 Å². The van der Waals surface area contributed by atoms with Crippen molar-refractivity contribution in [1.29, 1.82) is 0 Å². The first-order valence-corrected chi connectivity index (χ1v) is 9.16. The zero-order valence-electron chi connectivity index (χ0n) is 14.4. The van der Waals surface area contributed by atoms with Crippen molar-refractivity contribution in [2.75, 3.05) is 5.75 Å². The fourth-order valence-electron chi connectivity index (χ4n) is 2.94. The third-order valence-corrected chi connectivity index (χ3v) is 5.28. The molecule has 132 valence electrons. The van der Waals surface area contributed by atoms with Crippen LogP contribution in [-0.2, 0) is 9.53 Å². The molecule has 0 aliphatic carbocycles. The molecular formula is C19H21NO4S. The van der Waals surface area contributed by atoms with Crippen LogP contribution in [-0.4, -0.2) is 39.5 Å². The van der Waals surface area contributed by atoms with Crippen LogP contribution in [0.4, 0.5) is 4.79 Å². The fraction of sp³-hybridized carbons (Fsp3) is 0.368. The van der Waals surface area contributed by atoms with Crippen molar-refractivity contribution in [1.82, 2.24) is 4.90 Å². The van der Waals surface area contributed by atoms with E-state index in [1.807, 2.05) is 42.5 Å². The van der Waals surface area contributed by atoms with Crippen molar-refractivity contribution < 1.29 is 19.4 Å². The second kappa shape index (κ2) is 6.59. The Morgan fingerprint density at radius 1 is 1.16 bits per heavy atom. The largest absolute Gasteiger partial charge is 0.480 e. The maximum Gasteiger partial charge on any atom is 0.412 e. The van der Waals surface area contributed by atoms with Gasteiger partial charge >= 0.3 is 12.1 Å². The molecule has 1 aliphatic heterocycles. The maximum absolute atomic E-state index is 12.7. The standard InChI is InChI=1S/C19H21NO4S/c1-19(2,3)24-18(23)20-15(17(21)22)11-25-16(20)14-10-6-8-12-7-4-5-9-13(12)14/h4-10,15-16H,11H2,1-3H3,(H,21,22)/t15-,16?/m0/s1. The fourth-order valence-corrected chi connectivity index (χ4v) is 4.39. The van der Waals surface area contributed by atoms with Crippen LogP contribution >= 0.6 is 11.8 Å². The molecule has 1 unspecified atom stereocenters. The van der Waals surface area contributed by atoms with Gasteiger partial charge in [-0.1, -0.05) is 42.5 Å². The molecule has 0 aromatic heterocycles. The topological polar surface area (TPSA) is 66.8 Å². The molecule has 1 heterocycles. The number of carbonyl (C=O) groups excluding carboxylic acids is 1. The summed E-state index contributed by atoms with van der Waals surface area (Å²) >= 11 is 1.45. The van der Waals surface area contributed by atoms with Gasteiger partial charge in [0.1, 0.15) is 17.0 Å². The number of carbonyl (C=O) groups is 2. The van der Waals surface area contributed by atoms with Gasteiger partial charge < -0.3 is 9.84 Å². The van der Waals surface area contributed by atoms with E-state index < -0.39 is 23.7 Å². The maximum atomic E-state index is 12.7.